The minimum Gasteiger partial charge on any atom is -0.377 e. The average molecular weight is 195 g/mol. The van der Waals surface area contributed by atoms with Crippen LogP contribution in [0.4, 0.5) is 0 Å². The third kappa shape index (κ3) is 1.57. The van der Waals surface area contributed by atoms with Crippen LogP contribution in [0, 0.1) is 11.8 Å². The Balaban J connectivity index is 2.12. The van der Waals surface area contributed by atoms with Crippen LogP contribution in [0.15, 0.2) is 12.2 Å². The average Bonchev–Trinajstić information content (AvgIpc) is 2.43. The fourth-order valence-corrected chi connectivity index (χ4v) is 2.74. The van der Waals surface area contributed by atoms with Gasteiger partial charge in [-0.15, -0.1) is 0 Å². The molecule has 3 heteroatoms. The second-order valence-corrected chi connectivity index (χ2v) is 4.22. The van der Waals surface area contributed by atoms with Gasteiger partial charge < -0.3 is 10.1 Å². The number of rotatable bonds is 2. The highest BCUT2D eigenvalue weighted by molar-refractivity contribution is 5.73. The van der Waals surface area contributed by atoms with E-state index in [-0.39, 0.29) is 12.0 Å². The van der Waals surface area contributed by atoms with Crippen LogP contribution in [0.2, 0.25) is 0 Å². The lowest BCUT2D eigenvalue weighted by atomic mass is 9.87. The number of nitrogens with one attached hydrogen (secondary N) is 1. The zero-order valence-electron chi connectivity index (χ0n) is 8.69. The second kappa shape index (κ2) is 3.73. The third-order valence-electron chi connectivity index (χ3n) is 3.37. The number of carbonyl (C=O) groups is 1. The van der Waals surface area contributed by atoms with Gasteiger partial charge in [0.05, 0.1) is 6.10 Å². The van der Waals surface area contributed by atoms with E-state index in [1.807, 2.05) is 0 Å². The third-order valence-corrected chi connectivity index (χ3v) is 3.37. The molecule has 0 radical (unpaired) electrons. The highest BCUT2D eigenvalue weighted by Gasteiger charge is 2.41. The Labute approximate surface area is 84.5 Å². The van der Waals surface area contributed by atoms with E-state index in [1.54, 1.807) is 14.0 Å². The summed E-state index contributed by atoms with van der Waals surface area (Å²) in [5.41, 5.74) is 0. The van der Waals surface area contributed by atoms with Crippen LogP contribution in [0.25, 0.3) is 0 Å². The predicted octanol–water partition coefficient (Wildman–Crippen LogP) is 1.10. The van der Waals surface area contributed by atoms with Crippen LogP contribution >= 0.6 is 0 Å². The number of ether oxygens (including phenoxy) is 1. The summed E-state index contributed by atoms with van der Waals surface area (Å²) in [6.45, 7) is 1.58. The lowest BCUT2D eigenvalue weighted by molar-refractivity contribution is -0.120. The summed E-state index contributed by atoms with van der Waals surface area (Å²) in [6.07, 6.45) is 6.84. The maximum atomic E-state index is 11.0. The number of amides is 1. The largest absolute Gasteiger partial charge is 0.377 e. The molecule has 4 atom stereocenters. The van der Waals surface area contributed by atoms with E-state index >= 15 is 0 Å². The highest BCUT2D eigenvalue weighted by atomic mass is 16.5. The van der Waals surface area contributed by atoms with Crippen LogP contribution < -0.4 is 5.32 Å². The van der Waals surface area contributed by atoms with Crippen molar-refractivity contribution >= 4 is 5.91 Å². The van der Waals surface area contributed by atoms with E-state index in [0.29, 0.717) is 17.9 Å². The Morgan fingerprint density at radius 3 is 2.86 bits per heavy atom. The molecule has 2 aliphatic rings. The number of carbonyl (C=O) groups excluding carboxylic acids is 1. The van der Waals surface area contributed by atoms with Gasteiger partial charge in [0.1, 0.15) is 0 Å². The van der Waals surface area contributed by atoms with Crippen molar-refractivity contribution in [2.75, 3.05) is 7.11 Å². The summed E-state index contributed by atoms with van der Waals surface area (Å²) in [5, 5.41) is 3.04. The Kier molecular flexibility index (Phi) is 2.59. The van der Waals surface area contributed by atoms with E-state index in [9.17, 15) is 4.79 Å². The van der Waals surface area contributed by atoms with Crippen molar-refractivity contribution in [1.82, 2.24) is 5.32 Å². The van der Waals surface area contributed by atoms with E-state index in [4.69, 9.17) is 4.74 Å². The molecule has 3 nitrogen and oxygen atoms in total. The normalized spacial score (nSPS) is 39.9. The maximum absolute atomic E-state index is 11.0. The molecule has 0 aromatic carbocycles. The van der Waals surface area contributed by atoms with E-state index in [2.05, 4.69) is 17.5 Å². The van der Waals surface area contributed by atoms with Crippen LogP contribution in [0.3, 0.4) is 0 Å². The van der Waals surface area contributed by atoms with E-state index in [1.165, 1.54) is 6.42 Å². The van der Waals surface area contributed by atoms with Crippen molar-refractivity contribution in [3.05, 3.63) is 12.2 Å². The standard InChI is InChI=1S/C11H17NO2/c1-7(13)12-11-8-3-5-9(11)10(14-2)6-4-8/h4,6,8-11H,3,5H2,1-2H3,(H,12,13)/t8-,9+,10-,11-/m0/s1. The van der Waals surface area contributed by atoms with E-state index in [0.717, 1.165) is 6.42 Å². The number of hydrogen-bond donors (Lipinski definition) is 1. The van der Waals surface area contributed by atoms with Crippen LogP contribution in [-0.2, 0) is 9.53 Å². The topological polar surface area (TPSA) is 38.3 Å². The van der Waals surface area contributed by atoms with Gasteiger partial charge in [-0.05, 0) is 18.8 Å². The van der Waals surface area contributed by atoms with Crippen LogP contribution in [-0.4, -0.2) is 25.2 Å². The smallest absolute Gasteiger partial charge is 0.217 e. The van der Waals surface area contributed by atoms with Crippen molar-refractivity contribution in [3.8, 4) is 0 Å². The van der Waals surface area contributed by atoms with Gasteiger partial charge in [-0.1, -0.05) is 12.2 Å². The molecular weight excluding hydrogens is 178 g/mol. The molecule has 78 valence electrons. The summed E-state index contributed by atoms with van der Waals surface area (Å²) in [4.78, 5) is 11.0. The first-order chi connectivity index (χ1) is 6.72. The Bertz CT molecular complexity index is 262. The van der Waals surface area contributed by atoms with Crippen molar-refractivity contribution in [1.29, 1.82) is 0 Å². The Hall–Kier alpha value is -0.830. The maximum Gasteiger partial charge on any atom is 0.217 e. The predicted molar refractivity (Wildman–Crippen MR) is 53.8 cm³/mol. The van der Waals surface area contributed by atoms with Gasteiger partial charge in [0, 0.05) is 26.0 Å². The first-order valence-corrected chi connectivity index (χ1v) is 5.20. The monoisotopic (exact) mass is 195 g/mol. The van der Waals surface area contributed by atoms with E-state index < -0.39 is 0 Å². The number of methoxy groups -OCH3 is 1. The lowest BCUT2D eigenvalue weighted by Crippen LogP contribution is -2.45. The van der Waals surface area contributed by atoms with Crippen molar-refractivity contribution in [2.45, 2.75) is 31.9 Å². The highest BCUT2D eigenvalue weighted by Crippen LogP contribution is 2.39. The Morgan fingerprint density at radius 2 is 2.21 bits per heavy atom. The van der Waals surface area contributed by atoms with Crippen LogP contribution in [0.5, 0.6) is 0 Å². The molecule has 2 aliphatic carbocycles. The first kappa shape index (κ1) is 9.71. The molecule has 14 heavy (non-hydrogen) atoms. The van der Waals surface area contributed by atoms with Gasteiger partial charge in [0.25, 0.3) is 0 Å². The van der Waals surface area contributed by atoms with Gasteiger partial charge in [-0.3, -0.25) is 4.79 Å². The molecule has 0 spiro atoms. The minimum atomic E-state index is 0.0667. The molecular formula is C11H17NO2. The van der Waals surface area contributed by atoms with Gasteiger partial charge >= 0.3 is 0 Å². The number of fused-ring (bicyclic) bond motifs is 2. The molecule has 2 bridgehead atoms. The van der Waals surface area contributed by atoms with Gasteiger partial charge in [0.2, 0.25) is 5.91 Å². The van der Waals surface area contributed by atoms with Gasteiger partial charge in [-0.2, -0.15) is 0 Å². The molecule has 1 N–H and O–H groups in total. The molecule has 0 aliphatic heterocycles. The molecule has 1 fully saturated rings. The molecule has 0 saturated heterocycles. The Morgan fingerprint density at radius 1 is 1.43 bits per heavy atom. The van der Waals surface area contributed by atoms with Gasteiger partial charge in [0.15, 0.2) is 0 Å². The van der Waals surface area contributed by atoms with Crippen molar-refractivity contribution in [3.63, 3.8) is 0 Å². The second-order valence-electron chi connectivity index (χ2n) is 4.22. The molecule has 0 aromatic rings. The SMILES string of the molecule is CO[C@H]1C=C[C@@H]2CC[C@H]1[C@H]2NC(C)=O. The van der Waals surface area contributed by atoms with Crippen molar-refractivity contribution in [2.24, 2.45) is 11.8 Å². The van der Waals surface area contributed by atoms with Crippen LogP contribution in [0.1, 0.15) is 19.8 Å². The summed E-state index contributed by atoms with van der Waals surface area (Å²) >= 11 is 0. The molecule has 0 aromatic heterocycles. The molecule has 0 unspecified atom stereocenters. The lowest BCUT2D eigenvalue weighted by Gasteiger charge is -2.31. The summed E-state index contributed by atoms with van der Waals surface area (Å²) < 4.78 is 5.40. The zero-order chi connectivity index (χ0) is 10.1. The first-order valence-electron chi connectivity index (χ1n) is 5.20. The van der Waals surface area contributed by atoms with Gasteiger partial charge in [-0.25, -0.2) is 0 Å². The molecule has 0 heterocycles. The summed E-state index contributed by atoms with van der Waals surface area (Å²) in [5.74, 6) is 1.06. The fraction of sp³-hybridized carbons (Fsp3) is 0.727. The minimum absolute atomic E-state index is 0.0667. The summed E-state index contributed by atoms with van der Waals surface area (Å²) in [6, 6.07) is 0.294. The molecule has 2 rings (SSSR count). The fourth-order valence-electron chi connectivity index (χ4n) is 2.74. The quantitative estimate of drug-likeness (QED) is 0.670. The van der Waals surface area contributed by atoms with Crippen molar-refractivity contribution < 1.29 is 9.53 Å². The number of hydrogen-bond acceptors (Lipinski definition) is 2. The molecule has 1 saturated carbocycles. The molecule has 1 amide bonds. The zero-order valence-corrected chi connectivity index (χ0v) is 8.69. The summed E-state index contributed by atoms with van der Waals surface area (Å²) in [7, 11) is 1.73.